The zero-order chi connectivity index (χ0) is 20.8. The molecule has 29 heavy (non-hydrogen) atoms. The first-order valence-corrected chi connectivity index (χ1v) is 8.93. The highest BCUT2D eigenvalue weighted by Gasteiger charge is 2.17. The van der Waals surface area contributed by atoms with Crippen LogP contribution in [-0.4, -0.2) is 42.0 Å². The van der Waals surface area contributed by atoms with E-state index in [2.05, 4.69) is 4.98 Å². The number of halogens is 1. The number of likely N-dealkylation sites (N-methyl/N-ethyl adjacent to an activating group) is 1. The monoisotopic (exact) mass is 391 g/mol. The number of nitriles is 1. The molecular formula is C22H18FN3O3. The second kappa shape index (κ2) is 8.93. The molecule has 0 N–H and O–H groups in total. The molecule has 0 bridgehead atoms. The summed E-state index contributed by atoms with van der Waals surface area (Å²) in [7, 11) is 1.54. The number of pyridine rings is 1. The minimum absolute atomic E-state index is 0.201. The maximum absolute atomic E-state index is 13.2. The van der Waals surface area contributed by atoms with E-state index in [1.807, 2.05) is 6.07 Å². The van der Waals surface area contributed by atoms with Crippen LogP contribution in [0.1, 0.15) is 16.8 Å². The van der Waals surface area contributed by atoms with Crippen LogP contribution < -0.4 is 0 Å². The Bertz CT molecular complexity index is 1090. The van der Waals surface area contributed by atoms with Crippen molar-refractivity contribution in [2.24, 2.45) is 0 Å². The quantitative estimate of drug-likeness (QED) is 0.600. The van der Waals surface area contributed by atoms with E-state index in [0.29, 0.717) is 22.2 Å². The van der Waals surface area contributed by atoms with Gasteiger partial charge in [-0.2, -0.15) is 5.26 Å². The van der Waals surface area contributed by atoms with Crippen LogP contribution in [0.5, 0.6) is 0 Å². The number of carbonyl (C=O) groups excluding carboxylic acids is 2. The molecule has 3 rings (SSSR count). The topological polar surface area (TPSA) is 83.3 Å². The third kappa shape index (κ3) is 4.74. The fourth-order valence-corrected chi connectivity index (χ4v) is 2.77. The van der Waals surface area contributed by atoms with Crippen molar-refractivity contribution >= 4 is 22.8 Å². The van der Waals surface area contributed by atoms with Crippen LogP contribution in [-0.2, 0) is 9.53 Å². The van der Waals surface area contributed by atoms with Gasteiger partial charge in [0.2, 0.25) is 0 Å². The Hall–Kier alpha value is -3.79. The number of para-hydroxylation sites is 1. The highest BCUT2D eigenvalue weighted by atomic mass is 19.1. The van der Waals surface area contributed by atoms with Crippen molar-refractivity contribution < 1.29 is 18.7 Å². The second-order valence-corrected chi connectivity index (χ2v) is 6.38. The van der Waals surface area contributed by atoms with Crippen LogP contribution in [0.4, 0.5) is 4.39 Å². The molecule has 2 aromatic carbocycles. The molecule has 0 saturated carbocycles. The van der Waals surface area contributed by atoms with Crippen LogP contribution in [0.3, 0.4) is 0 Å². The highest BCUT2D eigenvalue weighted by Crippen LogP contribution is 2.25. The summed E-state index contributed by atoms with van der Waals surface area (Å²) >= 11 is 0. The Morgan fingerprint density at radius 2 is 1.90 bits per heavy atom. The van der Waals surface area contributed by atoms with Gasteiger partial charge in [-0.15, -0.1) is 0 Å². The van der Waals surface area contributed by atoms with Crippen LogP contribution in [0.2, 0.25) is 0 Å². The minimum Gasteiger partial charge on any atom is -0.452 e. The van der Waals surface area contributed by atoms with Gasteiger partial charge in [0.25, 0.3) is 5.91 Å². The van der Waals surface area contributed by atoms with Crippen molar-refractivity contribution in [1.82, 2.24) is 9.88 Å². The predicted octanol–water partition coefficient (Wildman–Crippen LogP) is 3.57. The zero-order valence-electron chi connectivity index (χ0n) is 15.8. The van der Waals surface area contributed by atoms with Crippen molar-refractivity contribution in [2.75, 3.05) is 20.2 Å². The van der Waals surface area contributed by atoms with Gasteiger partial charge in [0.1, 0.15) is 5.82 Å². The van der Waals surface area contributed by atoms with E-state index < -0.39 is 18.5 Å². The van der Waals surface area contributed by atoms with Gasteiger partial charge in [0.05, 0.1) is 29.3 Å². The van der Waals surface area contributed by atoms with Crippen molar-refractivity contribution in [3.05, 3.63) is 66.0 Å². The average Bonchev–Trinajstić information content (AvgIpc) is 2.75. The van der Waals surface area contributed by atoms with Crippen LogP contribution in [0.25, 0.3) is 22.2 Å². The van der Waals surface area contributed by atoms with Gasteiger partial charge >= 0.3 is 5.97 Å². The lowest BCUT2D eigenvalue weighted by Crippen LogP contribution is -2.32. The van der Waals surface area contributed by atoms with Crippen molar-refractivity contribution in [2.45, 2.75) is 6.42 Å². The summed E-state index contributed by atoms with van der Waals surface area (Å²) in [4.78, 5) is 30.6. The molecule has 3 aromatic rings. The third-order valence-electron chi connectivity index (χ3n) is 4.39. The van der Waals surface area contributed by atoms with Crippen LogP contribution in [0, 0.1) is 17.1 Å². The number of fused-ring (bicyclic) bond motifs is 1. The Morgan fingerprint density at radius 3 is 2.62 bits per heavy atom. The Balaban J connectivity index is 1.87. The van der Waals surface area contributed by atoms with E-state index >= 15 is 0 Å². The molecule has 0 fully saturated rings. The summed E-state index contributed by atoms with van der Waals surface area (Å²) < 4.78 is 18.4. The molecule has 1 heterocycles. The number of carbonyl (C=O) groups is 2. The SMILES string of the molecule is CN(CCC#N)C(=O)COC(=O)c1cc(-c2ccc(F)cc2)nc2ccccc12. The number of hydrogen-bond acceptors (Lipinski definition) is 5. The molecule has 146 valence electrons. The number of nitrogens with zero attached hydrogens (tertiary/aromatic N) is 3. The molecule has 1 aromatic heterocycles. The van der Waals surface area contributed by atoms with E-state index in [0.717, 1.165) is 0 Å². The first-order chi connectivity index (χ1) is 14.0. The van der Waals surface area contributed by atoms with Gasteiger partial charge < -0.3 is 9.64 Å². The van der Waals surface area contributed by atoms with E-state index in [4.69, 9.17) is 10.00 Å². The van der Waals surface area contributed by atoms with E-state index in [1.165, 1.54) is 17.0 Å². The standard InChI is InChI=1S/C22H18FN3O3/c1-26(12-4-11-24)21(27)14-29-22(28)18-13-20(15-7-9-16(23)10-8-15)25-19-6-3-2-5-17(18)19/h2-3,5-10,13H,4,12,14H2,1H3. The summed E-state index contributed by atoms with van der Waals surface area (Å²) in [6.07, 6.45) is 0.201. The number of rotatable bonds is 6. The molecule has 6 nitrogen and oxygen atoms in total. The number of ether oxygens (including phenoxy) is 1. The first kappa shape index (κ1) is 20.0. The smallest absolute Gasteiger partial charge is 0.339 e. The normalized spacial score (nSPS) is 10.4. The molecule has 0 spiro atoms. The van der Waals surface area contributed by atoms with Crippen molar-refractivity contribution in [1.29, 1.82) is 5.26 Å². The largest absolute Gasteiger partial charge is 0.452 e. The van der Waals surface area contributed by atoms with Crippen molar-refractivity contribution in [3.8, 4) is 17.3 Å². The van der Waals surface area contributed by atoms with Crippen LogP contribution in [0.15, 0.2) is 54.6 Å². The summed E-state index contributed by atoms with van der Waals surface area (Å²) in [5.74, 6) is -1.42. The molecule has 0 aliphatic carbocycles. The molecule has 1 amide bonds. The maximum atomic E-state index is 13.2. The lowest BCUT2D eigenvalue weighted by Gasteiger charge is -2.15. The number of hydrogen-bond donors (Lipinski definition) is 0. The van der Waals surface area contributed by atoms with Gasteiger partial charge in [-0.1, -0.05) is 18.2 Å². The third-order valence-corrected chi connectivity index (χ3v) is 4.39. The molecule has 0 saturated heterocycles. The highest BCUT2D eigenvalue weighted by molar-refractivity contribution is 6.05. The summed E-state index contributed by atoms with van der Waals surface area (Å²) in [5.41, 5.74) is 1.99. The fourth-order valence-electron chi connectivity index (χ4n) is 2.77. The zero-order valence-corrected chi connectivity index (χ0v) is 15.8. The number of amides is 1. The molecular weight excluding hydrogens is 373 g/mol. The van der Waals surface area contributed by atoms with Gasteiger partial charge in [0.15, 0.2) is 6.61 Å². The number of esters is 1. The van der Waals surface area contributed by atoms with Gasteiger partial charge in [-0.3, -0.25) is 4.79 Å². The summed E-state index contributed by atoms with van der Waals surface area (Å²) in [6.45, 7) is -0.164. The maximum Gasteiger partial charge on any atom is 0.339 e. The first-order valence-electron chi connectivity index (χ1n) is 8.93. The fraction of sp³-hybridized carbons (Fsp3) is 0.182. The molecule has 0 atom stereocenters. The number of aromatic nitrogens is 1. The Kier molecular flexibility index (Phi) is 6.15. The summed E-state index contributed by atoms with van der Waals surface area (Å²) in [5, 5.41) is 9.19. The second-order valence-electron chi connectivity index (χ2n) is 6.38. The van der Waals surface area contributed by atoms with Crippen LogP contribution >= 0.6 is 0 Å². The summed E-state index contributed by atoms with van der Waals surface area (Å²) in [6, 6.07) is 16.4. The Morgan fingerprint density at radius 1 is 1.17 bits per heavy atom. The number of benzene rings is 2. The molecule has 7 heteroatoms. The van der Waals surface area contributed by atoms with Gasteiger partial charge in [-0.05, 0) is 36.4 Å². The molecule has 0 aliphatic rings. The van der Waals surface area contributed by atoms with Crippen molar-refractivity contribution in [3.63, 3.8) is 0 Å². The van der Waals surface area contributed by atoms with E-state index in [9.17, 15) is 14.0 Å². The van der Waals surface area contributed by atoms with E-state index in [-0.39, 0.29) is 24.3 Å². The average molecular weight is 391 g/mol. The molecule has 0 aliphatic heterocycles. The lowest BCUT2D eigenvalue weighted by molar-refractivity contribution is -0.133. The Labute approximate surface area is 167 Å². The van der Waals surface area contributed by atoms with Gasteiger partial charge in [-0.25, -0.2) is 14.2 Å². The van der Waals surface area contributed by atoms with E-state index in [1.54, 1.807) is 49.5 Å². The molecule has 0 unspecified atom stereocenters. The van der Waals surface area contributed by atoms with Gasteiger partial charge in [0, 0.05) is 24.5 Å². The predicted molar refractivity (Wildman–Crippen MR) is 105 cm³/mol. The molecule has 0 radical (unpaired) electrons. The lowest BCUT2D eigenvalue weighted by atomic mass is 10.0. The minimum atomic E-state index is -0.658.